The van der Waals surface area contributed by atoms with Gasteiger partial charge in [0.05, 0.1) is 4.92 Å². The van der Waals surface area contributed by atoms with Gasteiger partial charge in [-0.3, -0.25) is 15.4 Å². The topological polar surface area (TPSA) is 81.5 Å². The number of halogens is 1. The maximum absolute atomic E-state index is 11.6. The molecule has 0 heterocycles. The van der Waals surface area contributed by atoms with Crippen LogP contribution in [-0.2, 0) is 0 Å². The minimum atomic E-state index is -0.693. The first-order valence-electron chi connectivity index (χ1n) is 5.53. The van der Waals surface area contributed by atoms with Crippen LogP contribution in [0.25, 0.3) is 0 Å². The normalized spacial score (nSPS) is 9.85. The summed E-state index contributed by atoms with van der Waals surface area (Å²) in [4.78, 5) is 21.5. The largest absolute Gasteiger partial charge is 0.417 e. The van der Waals surface area contributed by atoms with E-state index in [-0.39, 0.29) is 11.4 Å². The van der Waals surface area contributed by atoms with Crippen LogP contribution in [-0.4, -0.2) is 11.0 Å². The number of hydrogen-bond donors (Lipinski definition) is 1. The molecule has 0 atom stereocenters. The molecule has 0 bridgehead atoms. The fraction of sp³-hybridized carbons (Fsp3) is 0. The van der Waals surface area contributed by atoms with Crippen LogP contribution in [0, 0.1) is 10.1 Å². The van der Waals surface area contributed by atoms with Crippen LogP contribution in [0.1, 0.15) is 0 Å². The molecule has 20 heavy (non-hydrogen) atoms. The lowest BCUT2D eigenvalue weighted by molar-refractivity contribution is -0.384. The van der Waals surface area contributed by atoms with Gasteiger partial charge in [0.1, 0.15) is 5.75 Å². The van der Waals surface area contributed by atoms with Crippen molar-refractivity contribution in [2.24, 2.45) is 0 Å². The minimum Gasteiger partial charge on any atom is -0.410 e. The molecule has 7 heteroatoms. The molecule has 0 aliphatic heterocycles. The van der Waals surface area contributed by atoms with Crippen molar-refractivity contribution in [2.75, 3.05) is 5.32 Å². The number of amides is 1. The van der Waals surface area contributed by atoms with Gasteiger partial charge < -0.3 is 4.74 Å². The highest BCUT2D eigenvalue weighted by atomic mass is 35.5. The molecular formula is C13H9ClN2O4. The first-order valence-corrected chi connectivity index (χ1v) is 5.91. The Balaban J connectivity index is 1.97. The molecule has 0 saturated heterocycles. The average molecular weight is 293 g/mol. The number of ether oxygens (including phenoxy) is 1. The Morgan fingerprint density at radius 2 is 1.70 bits per heavy atom. The second-order valence-corrected chi connectivity index (χ2v) is 4.21. The summed E-state index contributed by atoms with van der Waals surface area (Å²) in [5, 5.41) is 13.5. The van der Waals surface area contributed by atoms with E-state index in [1.165, 1.54) is 24.3 Å². The maximum atomic E-state index is 11.6. The summed E-state index contributed by atoms with van der Waals surface area (Å²) in [5.74, 6) is 0.210. The van der Waals surface area contributed by atoms with Crippen LogP contribution in [0.4, 0.5) is 16.2 Å². The molecule has 0 saturated carbocycles. The number of nitro groups is 1. The summed E-state index contributed by atoms with van der Waals surface area (Å²) < 4.78 is 4.98. The second kappa shape index (κ2) is 6.03. The zero-order valence-electron chi connectivity index (χ0n) is 10.1. The van der Waals surface area contributed by atoms with Crippen molar-refractivity contribution in [3.63, 3.8) is 0 Å². The number of nitro benzene ring substituents is 1. The molecule has 0 spiro atoms. The van der Waals surface area contributed by atoms with E-state index in [9.17, 15) is 14.9 Å². The van der Waals surface area contributed by atoms with Crippen molar-refractivity contribution < 1.29 is 14.5 Å². The number of benzene rings is 2. The van der Waals surface area contributed by atoms with Crippen molar-refractivity contribution in [1.29, 1.82) is 0 Å². The molecule has 0 radical (unpaired) electrons. The van der Waals surface area contributed by atoms with Crippen molar-refractivity contribution >= 4 is 29.1 Å². The minimum absolute atomic E-state index is 0.0736. The Bertz CT molecular complexity index is 626. The standard InChI is InChI=1S/C13H9ClN2O4/c14-9-1-3-10(4-2-9)15-13(17)20-12-7-5-11(6-8-12)16(18)19/h1-8H,(H,15,17). The maximum Gasteiger partial charge on any atom is 0.417 e. The van der Waals surface area contributed by atoms with Gasteiger partial charge in [-0.15, -0.1) is 0 Å². The number of carbonyl (C=O) groups is 1. The van der Waals surface area contributed by atoms with Gasteiger partial charge in [0.15, 0.2) is 0 Å². The fourth-order valence-corrected chi connectivity index (χ4v) is 1.55. The third kappa shape index (κ3) is 3.69. The summed E-state index contributed by atoms with van der Waals surface area (Å²) in [5.41, 5.74) is 0.455. The molecule has 2 aromatic rings. The van der Waals surface area contributed by atoms with Crippen LogP contribution in [0.15, 0.2) is 48.5 Å². The summed E-state index contributed by atoms with van der Waals surface area (Å²) >= 11 is 5.72. The summed E-state index contributed by atoms with van der Waals surface area (Å²) in [6.45, 7) is 0. The van der Waals surface area contributed by atoms with E-state index in [0.29, 0.717) is 10.7 Å². The lowest BCUT2D eigenvalue weighted by atomic mass is 10.3. The molecule has 1 amide bonds. The SMILES string of the molecule is O=C(Nc1ccc(Cl)cc1)Oc1ccc([N+](=O)[O-])cc1. The molecule has 2 aromatic carbocycles. The van der Waals surface area contributed by atoms with Gasteiger partial charge in [0, 0.05) is 22.8 Å². The van der Waals surface area contributed by atoms with E-state index < -0.39 is 11.0 Å². The first kappa shape index (κ1) is 13.8. The highest BCUT2D eigenvalue weighted by Gasteiger charge is 2.08. The Morgan fingerprint density at radius 1 is 1.10 bits per heavy atom. The predicted octanol–water partition coefficient (Wildman–Crippen LogP) is 3.86. The van der Waals surface area contributed by atoms with Gasteiger partial charge in [-0.05, 0) is 36.4 Å². The van der Waals surface area contributed by atoms with Crippen molar-refractivity contribution in [3.8, 4) is 5.75 Å². The van der Waals surface area contributed by atoms with E-state index in [1.807, 2.05) is 0 Å². The van der Waals surface area contributed by atoms with Crippen molar-refractivity contribution in [1.82, 2.24) is 0 Å². The molecule has 0 aromatic heterocycles. The molecule has 0 aliphatic carbocycles. The first-order chi connectivity index (χ1) is 9.54. The zero-order valence-corrected chi connectivity index (χ0v) is 10.8. The van der Waals surface area contributed by atoms with Gasteiger partial charge in [0.2, 0.25) is 0 Å². The van der Waals surface area contributed by atoms with Crippen LogP contribution in [0.5, 0.6) is 5.75 Å². The third-order valence-corrected chi connectivity index (χ3v) is 2.60. The lowest BCUT2D eigenvalue weighted by Crippen LogP contribution is -2.16. The number of anilines is 1. The van der Waals surface area contributed by atoms with Gasteiger partial charge in [-0.25, -0.2) is 4.79 Å². The monoisotopic (exact) mass is 292 g/mol. The van der Waals surface area contributed by atoms with Crippen LogP contribution in [0.2, 0.25) is 5.02 Å². The van der Waals surface area contributed by atoms with E-state index in [4.69, 9.17) is 16.3 Å². The lowest BCUT2D eigenvalue weighted by Gasteiger charge is -2.06. The van der Waals surface area contributed by atoms with Crippen LogP contribution in [0.3, 0.4) is 0 Å². The third-order valence-electron chi connectivity index (χ3n) is 2.35. The Hall–Kier alpha value is -2.60. The smallest absolute Gasteiger partial charge is 0.410 e. The summed E-state index contributed by atoms with van der Waals surface area (Å²) in [7, 11) is 0. The summed E-state index contributed by atoms with van der Waals surface area (Å²) in [6, 6.07) is 11.7. The van der Waals surface area contributed by atoms with E-state index in [2.05, 4.69) is 5.32 Å². The molecule has 0 unspecified atom stereocenters. The molecule has 0 aliphatic rings. The highest BCUT2D eigenvalue weighted by Crippen LogP contribution is 2.18. The predicted molar refractivity (Wildman–Crippen MR) is 74.2 cm³/mol. The van der Waals surface area contributed by atoms with Gasteiger partial charge >= 0.3 is 6.09 Å². The molecule has 102 valence electrons. The van der Waals surface area contributed by atoms with Gasteiger partial charge in [0.25, 0.3) is 5.69 Å². The van der Waals surface area contributed by atoms with Gasteiger partial charge in [-0.1, -0.05) is 11.6 Å². The quantitative estimate of drug-likeness (QED) is 0.688. The van der Waals surface area contributed by atoms with E-state index >= 15 is 0 Å². The summed E-state index contributed by atoms with van der Waals surface area (Å²) in [6.07, 6.45) is -0.693. The number of hydrogen-bond acceptors (Lipinski definition) is 4. The number of non-ortho nitro benzene ring substituents is 1. The van der Waals surface area contributed by atoms with Gasteiger partial charge in [-0.2, -0.15) is 0 Å². The Kier molecular flexibility index (Phi) is 4.17. The molecular weight excluding hydrogens is 284 g/mol. The molecule has 0 fully saturated rings. The van der Waals surface area contributed by atoms with Crippen LogP contribution < -0.4 is 10.1 Å². The number of carbonyl (C=O) groups excluding carboxylic acids is 1. The number of nitrogens with one attached hydrogen (secondary N) is 1. The molecule has 1 N–H and O–H groups in total. The Labute approximate surface area is 119 Å². The fourth-order valence-electron chi connectivity index (χ4n) is 1.42. The zero-order chi connectivity index (χ0) is 14.5. The Morgan fingerprint density at radius 3 is 2.25 bits per heavy atom. The van der Waals surface area contributed by atoms with Crippen molar-refractivity contribution in [3.05, 3.63) is 63.7 Å². The van der Waals surface area contributed by atoms with Crippen molar-refractivity contribution in [2.45, 2.75) is 0 Å². The highest BCUT2D eigenvalue weighted by molar-refractivity contribution is 6.30. The molecule has 6 nitrogen and oxygen atoms in total. The number of rotatable bonds is 3. The number of nitrogens with zero attached hydrogens (tertiary/aromatic N) is 1. The molecule has 2 rings (SSSR count). The van der Waals surface area contributed by atoms with Crippen LogP contribution >= 0.6 is 11.6 Å². The van der Waals surface area contributed by atoms with E-state index in [1.54, 1.807) is 24.3 Å². The second-order valence-electron chi connectivity index (χ2n) is 3.77. The van der Waals surface area contributed by atoms with E-state index in [0.717, 1.165) is 0 Å². The average Bonchev–Trinajstić information content (AvgIpc) is 2.42.